The molecule has 162 valence electrons. The smallest absolute Gasteiger partial charge is 0.288 e. The Hall–Kier alpha value is -4.41. The van der Waals surface area contributed by atoms with Crippen molar-refractivity contribution in [2.24, 2.45) is 0 Å². The molecule has 0 saturated carbocycles. The third-order valence-corrected chi connectivity index (χ3v) is 5.36. The molecular weight excluding hydrogens is 414 g/mol. The molecule has 4 aromatic rings. The van der Waals surface area contributed by atoms with Crippen LogP contribution < -0.4 is 25.1 Å². The van der Waals surface area contributed by atoms with Gasteiger partial charge in [-0.25, -0.2) is 5.10 Å². The van der Waals surface area contributed by atoms with Crippen molar-refractivity contribution < 1.29 is 14.2 Å². The molecule has 2 N–H and O–H groups in total. The Morgan fingerprint density at radius 2 is 1.72 bits per heavy atom. The highest BCUT2D eigenvalue weighted by Crippen LogP contribution is 2.44. The number of nitrogens with zero attached hydrogens (tertiary/aromatic N) is 5. The summed E-state index contributed by atoms with van der Waals surface area (Å²) in [5.41, 5.74) is 2.58. The molecule has 2 aromatic carbocycles. The highest BCUT2D eigenvalue weighted by Gasteiger charge is 2.36. The summed E-state index contributed by atoms with van der Waals surface area (Å²) in [5.74, 6) is 2.24. The van der Waals surface area contributed by atoms with Crippen molar-refractivity contribution in [2.45, 2.75) is 6.04 Å². The fraction of sp³-hybridized carbons (Fsp3) is 0.190. The number of fused-ring (bicyclic) bond motifs is 2. The van der Waals surface area contributed by atoms with Crippen molar-refractivity contribution >= 4 is 11.6 Å². The van der Waals surface area contributed by atoms with E-state index in [1.165, 1.54) is 0 Å². The van der Waals surface area contributed by atoms with Crippen LogP contribution in [0.2, 0.25) is 0 Å². The minimum Gasteiger partial charge on any atom is -0.497 e. The number of anilines is 2. The van der Waals surface area contributed by atoms with Gasteiger partial charge >= 0.3 is 0 Å². The first-order valence-corrected chi connectivity index (χ1v) is 9.68. The number of aromatic nitrogens is 6. The summed E-state index contributed by atoms with van der Waals surface area (Å²) in [5, 5.41) is 22.0. The van der Waals surface area contributed by atoms with Crippen LogP contribution >= 0.6 is 0 Å². The lowest BCUT2D eigenvalue weighted by molar-refractivity contribution is 0.392. The predicted octanol–water partition coefficient (Wildman–Crippen LogP) is 2.14. The van der Waals surface area contributed by atoms with Crippen molar-refractivity contribution in [3.05, 3.63) is 63.9 Å². The number of rotatable bonds is 5. The molecule has 5 rings (SSSR count). The Kier molecular flexibility index (Phi) is 4.70. The highest BCUT2D eigenvalue weighted by atomic mass is 16.5. The van der Waals surface area contributed by atoms with Crippen LogP contribution in [-0.4, -0.2) is 51.7 Å². The van der Waals surface area contributed by atoms with Crippen LogP contribution in [0.1, 0.15) is 17.2 Å². The first-order chi connectivity index (χ1) is 15.6. The SMILES string of the molecule is COc1ccc(-c2n[nH]c(=O)c3c2C(c2cc(OC)ccc2OC)n2nnnc2N3)cc1. The Morgan fingerprint density at radius 1 is 0.969 bits per heavy atom. The summed E-state index contributed by atoms with van der Waals surface area (Å²) in [6, 6.07) is 12.2. The average Bonchev–Trinajstić information content (AvgIpc) is 3.31. The summed E-state index contributed by atoms with van der Waals surface area (Å²) in [4.78, 5) is 12.8. The Morgan fingerprint density at radius 3 is 2.44 bits per heavy atom. The lowest BCUT2D eigenvalue weighted by Gasteiger charge is -2.29. The van der Waals surface area contributed by atoms with Crippen molar-refractivity contribution in [1.82, 2.24) is 30.4 Å². The van der Waals surface area contributed by atoms with Crippen LogP contribution in [0.5, 0.6) is 17.2 Å². The monoisotopic (exact) mass is 433 g/mol. The standard InChI is InChI=1S/C21H19N7O4/c1-30-12-6-4-11(5-7-12)17-16-18(20(29)24-23-17)22-21-25-26-27-28(21)19(16)14-10-13(31-2)8-9-15(14)32-3/h4-10,19H,1-3H3,(H,24,29)(H,22,25,27). The van der Waals surface area contributed by atoms with Gasteiger partial charge in [-0.15, -0.1) is 0 Å². The van der Waals surface area contributed by atoms with E-state index in [2.05, 4.69) is 31.0 Å². The lowest BCUT2D eigenvalue weighted by atomic mass is 9.91. The summed E-state index contributed by atoms with van der Waals surface area (Å²) in [7, 11) is 4.76. The van der Waals surface area contributed by atoms with Gasteiger partial charge in [0.25, 0.3) is 5.56 Å². The molecule has 1 atom stereocenters. The number of ether oxygens (including phenoxy) is 3. The zero-order valence-electron chi connectivity index (χ0n) is 17.5. The molecule has 1 unspecified atom stereocenters. The van der Waals surface area contributed by atoms with Gasteiger partial charge in [0.05, 0.1) is 27.0 Å². The van der Waals surface area contributed by atoms with E-state index in [4.69, 9.17) is 14.2 Å². The number of methoxy groups -OCH3 is 3. The fourth-order valence-corrected chi connectivity index (χ4v) is 3.85. The van der Waals surface area contributed by atoms with E-state index in [0.29, 0.717) is 45.7 Å². The first-order valence-electron chi connectivity index (χ1n) is 9.68. The average molecular weight is 433 g/mol. The van der Waals surface area contributed by atoms with Crippen LogP contribution in [0.25, 0.3) is 11.3 Å². The molecule has 32 heavy (non-hydrogen) atoms. The van der Waals surface area contributed by atoms with Gasteiger partial charge < -0.3 is 19.5 Å². The van der Waals surface area contributed by atoms with Crippen LogP contribution in [0.4, 0.5) is 11.6 Å². The molecular formula is C21H19N7O4. The second kappa shape index (κ2) is 7.69. The number of hydrogen-bond acceptors (Lipinski definition) is 9. The minimum atomic E-state index is -0.604. The minimum absolute atomic E-state index is 0.308. The van der Waals surface area contributed by atoms with E-state index in [0.717, 1.165) is 5.56 Å². The van der Waals surface area contributed by atoms with E-state index in [1.54, 1.807) is 38.1 Å². The van der Waals surface area contributed by atoms with Crippen LogP contribution in [0, 0.1) is 0 Å². The van der Waals surface area contributed by atoms with Crippen molar-refractivity contribution in [2.75, 3.05) is 26.6 Å². The Labute approximate surface area is 181 Å². The number of aromatic amines is 1. The summed E-state index contributed by atoms with van der Waals surface area (Å²) < 4.78 is 17.9. The molecule has 0 fully saturated rings. The summed E-state index contributed by atoms with van der Waals surface area (Å²) in [6.07, 6.45) is 0. The Bertz CT molecular complexity index is 1350. The predicted molar refractivity (Wildman–Crippen MR) is 115 cm³/mol. The van der Waals surface area contributed by atoms with Crippen LogP contribution in [0.15, 0.2) is 47.3 Å². The number of nitrogens with one attached hydrogen (secondary N) is 2. The molecule has 0 aliphatic carbocycles. The van der Waals surface area contributed by atoms with Gasteiger partial charge in [0.2, 0.25) is 5.95 Å². The maximum Gasteiger partial charge on any atom is 0.288 e. The van der Waals surface area contributed by atoms with Crippen LogP contribution in [-0.2, 0) is 0 Å². The van der Waals surface area contributed by atoms with E-state index in [-0.39, 0.29) is 0 Å². The third-order valence-electron chi connectivity index (χ3n) is 5.36. The lowest BCUT2D eigenvalue weighted by Crippen LogP contribution is -2.29. The first kappa shape index (κ1) is 19.5. The van der Waals surface area contributed by atoms with E-state index in [1.807, 2.05) is 30.3 Å². The van der Waals surface area contributed by atoms with E-state index < -0.39 is 11.6 Å². The number of benzene rings is 2. The molecule has 0 amide bonds. The van der Waals surface area contributed by atoms with Crippen molar-refractivity contribution in [1.29, 1.82) is 0 Å². The fourth-order valence-electron chi connectivity index (χ4n) is 3.85. The largest absolute Gasteiger partial charge is 0.497 e. The zero-order chi connectivity index (χ0) is 22.2. The molecule has 1 aliphatic heterocycles. The molecule has 0 bridgehead atoms. The van der Waals surface area contributed by atoms with Gasteiger partial charge in [0.15, 0.2) is 0 Å². The number of hydrogen-bond donors (Lipinski definition) is 2. The molecule has 2 aromatic heterocycles. The molecule has 11 nitrogen and oxygen atoms in total. The maximum atomic E-state index is 12.8. The number of tetrazole rings is 1. The van der Waals surface area contributed by atoms with Gasteiger partial charge in [-0.1, -0.05) is 5.10 Å². The van der Waals surface area contributed by atoms with Gasteiger partial charge in [-0.3, -0.25) is 4.79 Å². The molecule has 0 radical (unpaired) electrons. The maximum absolute atomic E-state index is 12.8. The van der Waals surface area contributed by atoms with Gasteiger partial charge in [0.1, 0.15) is 29.0 Å². The Balaban J connectivity index is 1.81. The third kappa shape index (κ3) is 3.02. The second-order valence-corrected chi connectivity index (χ2v) is 7.00. The van der Waals surface area contributed by atoms with Crippen LogP contribution in [0.3, 0.4) is 0 Å². The van der Waals surface area contributed by atoms with Crippen molar-refractivity contribution in [3.8, 4) is 28.5 Å². The quantitative estimate of drug-likeness (QED) is 0.428. The molecule has 0 spiro atoms. The molecule has 11 heteroatoms. The second-order valence-electron chi connectivity index (χ2n) is 7.00. The highest BCUT2D eigenvalue weighted by molar-refractivity contribution is 5.76. The van der Waals surface area contributed by atoms with Gasteiger partial charge in [-0.05, 0) is 52.9 Å². The van der Waals surface area contributed by atoms with Gasteiger partial charge in [0, 0.05) is 16.7 Å². The van der Waals surface area contributed by atoms with E-state index >= 15 is 0 Å². The van der Waals surface area contributed by atoms with E-state index in [9.17, 15) is 4.79 Å². The van der Waals surface area contributed by atoms with Crippen molar-refractivity contribution in [3.63, 3.8) is 0 Å². The normalized spacial score (nSPS) is 14.2. The molecule has 3 heterocycles. The molecule has 1 aliphatic rings. The topological polar surface area (TPSA) is 129 Å². The summed E-state index contributed by atoms with van der Waals surface area (Å²) in [6.45, 7) is 0. The zero-order valence-corrected chi connectivity index (χ0v) is 17.5. The molecule has 0 saturated heterocycles. The summed E-state index contributed by atoms with van der Waals surface area (Å²) >= 11 is 0. The van der Waals surface area contributed by atoms with Gasteiger partial charge in [-0.2, -0.15) is 9.78 Å². The number of H-pyrrole nitrogens is 1.